The van der Waals surface area contributed by atoms with Crippen molar-refractivity contribution in [2.75, 3.05) is 23.7 Å². The number of benzene rings is 2. The Morgan fingerprint density at radius 3 is 2.50 bits per heavy atom. The van der Waals surface area contributed by atoms with Crippen molar-refractivity contribution in [1.29, 1.82) is 0 Å². The largest absolute Gasteiger partial charge is 0.397 e. The highest BCUT2D eigenvalue weighted by atomic mass is 15.2. The molecule has 0 aromatic heterocycles. The molecule has 0 amide bonds. The Hall–Kier alpha value is -1.96. The molecule has 1 saturated heterocycles. The summed E-state index contributed by atoms with van der Waals surface area (Å²) in [5.74, 6) is 0.645. The van der Waals surface area contributed by atoms with Crippen LogP contribution in [0, 0.1) is 6.92 Å². The summed E-state index contributed by atoms with van der Waals surface area (Å²) in [6.07, 6.45) is 0. The van der Waals surface area contributed by atoms with Crippen LogP contribution in [0.3, 0.4) is 0 Å². The molecule has 1 heterocycles. The Morgan fingerprint density at radius 2 is 1.78 bits per heavy atom. The maximum absolute atomic E-state index is 6.04. The van der Waals surface area contributed by atoms with Crippen LogP contribution in [0.5, 0.6) is 0 Å². The lowest BCUT2D eigenvalue weighted by molar-refractivity contribution is 0.526. The number of hydrogen-bond acceptors (Lipinski definition) is 2. The Bertz CT molecular complexity index is 542. The maximum Gasteiger partial charge on any atom is 0.0603 e. The zero-order valence-electron chi connectivity index (χ0n) is 10.6. The minimum atomic E-state index is 0.645. The first-order chi connectivity index (χ1) is 8.74. The minimum absolute atomic E-state index is 0.645. The van der Waals surface area contributed by atoms with E-state index < -0.39 is 0 Å². The van der Waals surface area contributed by atoms with Gasteiger partial charge in [0.15, 0.2) is 0 Å². The fourth-order valence-electron chi connectivity index (χ4n) is 2.54. The second-order valence-corrected chi connectivity index (χ2v) is 5.07. The Kier molecular flexibility index (Phi) is 2.71. The van der Waals surface area contributed by atoms with Crippen molar-refractivity contribution in [3.8, 4) is 0 Å². The van der Waals surface area contributed by atoms with Gasteiger partial charge in [-0.05, 0) is 30.2 Å². The fraction of sp³-hybridized carbons (Fsp3) is 0.250. The number of nitrogens with two attached hydrogens (primary N) is 1. The lowest BCUT2D eigenvalue weighted by atomic mass is 9.90. The van der Waals surface area contributed by atoms with Crippen LogP contribution in [0.4, 0.5) is 11.4 Å². The third kappa shape index (κ3) is 1.94. The molecular weight excluding hydrogens is 220 g/mol. The smallest absolute Gasteiger partial charge is 0.0603 e. The number of aryl methyl sites for hydroxylation is 1. The number of hydrogen-bond donors (Lipinski definition) is 1. The van der Waals surface area contributed by atoms with Gasteiger partial charge in [-0.2, -0.15) is 0 Å². The number of nitrogens with zero attached hydrogens (tertiary/aromatic N) is 1. The predicted octanol–water partition coefficient (Wildman–Crippen LogP) is 3.18. The summed E-state index contributed by atoms with van der Waals surface area (Å²) in [6, 6.07) is 16.9. The van der Waals surface area contributed by atoms with Crippen LogP contribution < -0.4 is 10.6 Å². The van der Waals surface area contributed by atoms with Crippen molar-refractivity contribution in [2.24, 2.45) is 0 Å². The van der Waals surface area contributed by atoms with E-state index in [4.69, 9.17) is 5.73 Å². The van der Waals surface area contributed by atoms with Gasteiger partial charge in [0.2, 0.25) is 0 Å². The van der Waals surface area contributed by atoms with E-state index in [9.17, 15) is 0 Å². The lowest BCUT2D eigenvalue weighted by Gasteiger charge is -2.42. The van der Waals surface area contributed by atoms with Crippen LogP contribution in [0.15, 0.2) is 48.5 Å². The van der Waals surface area contributed by atoms with Crippen molar-refractivity contribution < 1.29 is 0 Å². The van der Waals surface area contributed by atoms with Gasteiger partial charge in [-0.25, -0.2) is 0 Å². The van der Waals surface area contributed by atoms with Crippen molar-refractivity contribution >= 4 is 11.4 Å². The van der Waals surface area contributed by atoms with Gasteiger partial charge in [-0.3, -0.25) is 0 Å². The molecule has 2 aromatic rings. The first-order valence-corrected chi connectivity index (χ1v) is 6.40. The van der Waals surface area contributed by atoms with E-state index in [0.29, 0.717) is 5.92 Å². The molecule has 1 aliphatic heterocycles. The van der Waals surface area contributed by atoms with E-state index in [2.05, 4.69) is 54.3 Å². The third-order valence-corrected chi connectivity index (χ3v) is 3.68. The second kappa shape index (κ2) is 4.37. The zero-order chi connectivity index (χ0) is 12.5. The summed E-state index contributed by atoms with van der Waals surface area (Å²) in [5.41, 5.74) is 10.8. The van der Waals surface area contributed by atoms with Crippen LogP contribution in [0.1, 0.15) is 17.0 Å². The van der Waals surface area contributed by atoms with Gasteiger partial charge in [-0.1, -0.05) is 36.4 Å². The summed E-state index contributed by atoms with van der Waals surface area (Å²) in [4.78, 5) is 2.36. The molecule has 0 unspecified atom stereocenters. The maximum atomic E-state index is 6.04. The van der Waals surface area contributed by atoms with Gasteiger partial charge >= 0.3 is 0 Å². The molecule has 2 aromatic carbocycles. The van der Waals surface area contributed by atoms with E-state index in [-0.39, 0.29) is 0 Å². The molecule has 1 fully saturated rings. The van der Waals surface area contributed by atoms with E-state index in [0.717, 1.165) is 18.8 Å². The summed E-state index contributed by atoms with van der Waals surface area (Å²) >= 11 is 0. The SMILES string of the molecule is Cc1ccc(N)c(N2CC(c3ccccc3)C2)c1. The van der Waals surface area contributed by atoms with Gasteiger partial charge in [0.05, 0.1) is 11.4 Å². The molecular formula is C16H18N2. The van der Waals surface area contributed by atoms with E-state index >= 15 is 0 Å². The molecule has 3 rings (SSSR count). The summed E-state index contributed by atoms with van der Waals surface area (Å²) in [5, 5.41) is 0. The first-order valence-electron chi connectivity index (χ1n) is 6.40. The normalized spacial score (nSPS) is 15.5. The molecule has 2 N–H and O–H groups in total. The Balaban J connectivity index is 1.74. The molecule has 92 valence electrons. The monoisotopic (exact) mass is 238 g/mol. The summed E-state index contributed by atoms with van der Waals surface area (Å²) < 4.78 is 0. The van der Waals surface area contributed by atoms with Crippen molar-refractivity contribution in [3.05, 3.63) is 59.7 Å². The van der Waals surface area contributed by atoms with Crippen LogP contribution in [0.2, 0.25) is 0 Å². The highest BCUT2D eigenvalue weighted by molar-refractivity contribution is 5.70. The van der Waals surface area contributed by atoms with Crippen LogP contribution >= 0.6 is 0 Å². The minimum Gasteiger partial charge on any atom is -0.397 e. The standard InChI is InChI=1S/C16H18N2/c1-12-7-8-15(17)16(9-12)18-10-14(11-18)13-5-3-2-4-6-13/h2-9,14H,10-11,17H2,1H3. The second-order valence-electron chi connectivity index (χ2n) is 5.07. The van der Waals surface area contributed by atoms with Crippen molar-refractivity contribution in [1.82, 2.24) is 0 Å². The highest BCUT2D eigenvalue weighted by Gasteiger charge is 2.28. The topological polar surface area (TPSA) is 29.3 Å². The van der Waals surface area contributed by atoms with Crippen LogP contribution in [-0.4, -0.2) is 13.1 Å². The molecule has 0 radical (unpaired) electrons. The zero-order valence-corrected chi connectivity index (χ0v) is 10.6. The van der Waals surface area contributed by atoms with Crippen molar-refractivity contribution in [2.45, 2.75) is 12.8 Å². The number of anilines is 2. The van der Waals surface area contributed by atoms with Crippen molar-refractivity contribution in [3.63, 3.8) is 0 Å². The van der Waals surface area contributed by atoms with Gasteiger partial charge < -0.3 is 10.6 Å². The summed E-state index contributed by atoms with van der Waals surface area (Å²) in [7, 11) is 0. The van der Waals surface area contributed by atoms with Crippen LogP contribution in [-0.2, 0) is 0 Å². The number of rotatable bonds is 2. The van der Waals surface area contributed by atoms with E-state index in [1.807, 2.05) is 6.07 Å². The quantitative estimate of drug-likeness (QED) is 0.814. The Morgan fingerprint density at radius 1 is 1.06 bits per heavy atom. The molecule has 18 heavy (non-hydrogen) atoms. The molecule has 0 spiro atoms. The van der Waals surface area contributed by atoms with Gasteiger partial charge in [0.25, 0.3) is 0 Å². The average Bonchev–Trinajstić information content (AvgIpc) is 2.33. The molecule has 2 heteroatoms. The molecule has 0 aliphatic carbocycles. The molecule has 0 bridgehead atoms. The van der Waals surface area contributed by atoms with Gasteiger partial charge in [0, 0.05) is 19.0 Å². The van der Waals surface area contributed by atoms with Gasteiger partial charge in [-0.15, -0.1) is 0 Å². The predicted molar refractivity (Wildman–Crippen MR) is 77.0 cm³/mol. The Labute approximate surface area is 108 Å². The molecule has 2 nitrogen and oxygen atoms in total. The number of nitrogen functional groups attached to an aromatic ring is 1. The molecule has 0 atom stereocenters. The van der Waals surface area contributed by atoms with Crippen LogP contribution in [0.25, 0.3) is 0 Å². The molecule has 0 saturated carbocycles. The van der Waals surface area contributed by atoms with Gasteiger partial charge in [0.1, 0.15) is 0 Å². The first kappa shape index (κ1) is 11.1. The fourth-order valence-corrected chi connectivity index (χ4v) is 2.54. The van der Waals surface area contributed by atoms with E-state index in [1.165, 1.54) is 16.8 Å². The third-order valence-electron chi connectivity index (χ3n) is 3.68. The highest BCUT2D eigenvalue weighted by Crippen LogP contribution is 2.34. The van der Waals surface area contributed by atoms with E-state index in [1.54, 1.807) is 0 Å². The average molecular weight is 238 g/mol. The lowest BCUT2D eigenvalue weighted by Crippen LogP contribution is -2.45. The summed E-state index contributed by atoms with van der Waals surface area (Å²) in [6.45, 7) is 4.24. The molecule has 1 aliphatic rings.